The van der Waals surface area contributed by atoms with Crippen molar-refractivity contribution < 1.29 is 13.4 Å². The number of nitrogen functional groups attached to an aromatic ring is 1. The quantitative estimate of drug-likeness (QED) is 0.600. The molecule has 0 aliphatic rings. The SMILES string of the molecule is CCCCCS(=O)C(C)C(=O)Nc1cc(N)ccc1F. The molecule has 6 heteroatoms. The Morgan fingerprint density at radius 1 is 1.45 bits per heavy atom. The molecule has 1 rings (SSSR count). The number of rotatable bonds is 7. The first-order valence-electron chi connectivity index (χ1n) is 6.68. The van der Waals surface area contributed by atoms with E-state index in [2.05, 4.69) is 12.2 Å². The fourth-order valence-corrected chi connectivity index (χ4v) is 2.80. The van der Waals surface area contributed by atoms with Crippen LogP contribution in [0, 0.1) is 5.82 Å². The third-order valence-electron chi connectivity index (χ3n) is 2.96. The van der Waals surface area contributed by atoms with Gasteiger partial charge in [-0.25, -0.2) is 4.39 Å². The third kappa shape index (κ3) is 4.92. The molecule has 0 aliphatic carbocycles. The predicted molar refractivity (Wildman–Crippen MR) is 81.4 cm³/mol. The number of hydrogen-bond acceptors (Lipinski definition) is 3. The monoisotopic (exact) mass is 300 g/mol. The van der Waals surface area contributed by atoms with Gasteiger partial charge in [0.05, 0.1) is 5.69 Å². The summed E-state index contributed by atoms with van der Waals surface area (Å²) in [7, 11) is -1.25. The maximum Gasteiger partial charge on any atom is 0.239 e. The molecule has 1 amide bonds. The molecule has 1 aromatic carbocycles. The van der Waals surface area contributed by atoms with Crippen molar-refractivity contribution in [3.8, 4) is 0 Å². The molecule has 1 aromatic rings. The number of nitrogens with one attached hydrogen (secondary N) is 1. The fraction of sp³-hybridized carbons (Fsp3) is 0.500. The van der Waals surface area contributed by atoms with Gasteiger partial charge in [-0.1, -0.05) is 19.8 Å². The lowest BCUT2D eigenvalue weighted by molar-refractivity contribution is -0.115. The summed E-state index contributed by atoms with van der Waals surface area (Å²) in [6.45, 7) is 3.64. The average molecular weight is 300 g/mol. The average Bonchev–Trinajstić information content (AvgIpc) is 2.42. The summed E-state index contributed by atoms with van der Waals surface area (Å²) in [4.78, 5) is 11.9. The number of anilines is 2. The van der Waals surface area contributed by atoms with Crippen molar-refractivity contribution in [2.24, 2.45) is 0 Å². The summed E-state index contributed by atoms with van der Waals surface area (Å²) in [5, 5.41) is 1.76. The van der Waals surface area contributed by atoms with E-state index < -0.39 is 27.8 Å². The van der Waals surface area contributed by atoms with Crippen LogP contribution in [-0.4, -0.2) is 21.1 Å². The predicted octanol–water partition coefficient (Wildman–Crippen LogP) is 2.67. The topological polar surface area (TPSA) is 72.2 Å². The first kappa shape index (κ1) is 16.6. The van der Waals surface area contributed by atoms with Crippen LogP contribution < -0.4 is 11.1 Å². The Kier molecular flexibility index (Phi) is 6.64. The van der Waals surface area contributed by atoms with E-state index in [0.29, 0.717) is 11.4 Å². The highest BCUT2D eigenvalue weighted by Gasteiger charge is 2.20. The minimum atomic E-state index is -1.25. The van der Waals surface area contributed by atoms with Gasteiger partial charge in [-0.05, 0) is 31.5 Å². The molecular formula is C14H21FN2O2S. The maximum atomic E-state index is 13.5. The number of hydrogen-bond donors (Lipinski definition) is 2. The molecule has 0 aromatic heterocycles. The Labute approximate surface area is 121 Å². The van der Waals surface area contributed by atoms with E-state index in [4.69, 9.17) is 5.73 Å². The first-order chi connectivity index (χ1) is 9.45. The van der Waals surface area contributed by atoms with Crippen LogP contribution in [0.5, 0.6) is 0 Å². The second kappa shape index (κ2) is 7.99. The van der Waals surface area contributed by atoms with E-state index in [0.717, 1.165) is 19.3 Å². The van der Waals surface area contributed by atoms with Crippen molar-refractivity contribution in [3.05, 3.63) is 24.0 Å². The molecule has 112 valence electrons. The van der Waals surface area contributed by atoms with Gasteiger partial charge in [0.1, 0.15) is 11.1 Å². The molecule has 2 atom stereocenters. The summed E-state index contributed by atoms with van der Waals surface area (Å²) in [6, 6.07) is 3.95. The molecule has 0 fully saturated rings. The van der Waals surface area contributed by atoms with Crippen molar-refractivity contribution in [1.82, 2.24) is 0 Å². The van der Waals surface area contributed by atoms with E-state index >= 15 is 0 Å². The van der Waals surface area contributed by atoms with E-state index in [-0.39, 0.29) is 5.69 Å². The Balaban J connectivity index is 2.61. The molecule has 0 saturated carbocycles. The summed E-state index contributed by atoms with van der Waals surface area (Å²) in [6.07, 6.45) is 2.85. The van der Waals surface area contributed by atoms with Crippen LogP contribution in [0.25, 0.3) is 0 Å². The minimum Gasteiger partial charge on any atom is -0.399 e. The van der Waals surface area contributed by atoms with Crippen molar-refractivity contribution in [1.29, 1.82) is 0 Å². The number of halogens is 1. The Hall–Kier alpha value is -1.43. The van der Waals surface area contributed by atoms with Crippen molar-refractivity contribution in [3.63, 3.8) is 0 Å². The minimum absolute atomic E-state index is 0.0207. The first-order valence-corrected chi connectivity index (χ1v) is 8.07. The van der Waals surface area contributed by atoms with Gasteiger partial charge in [0, 0.05) is 22.2 Å². The molecule has 0 spiro atoms. The van der Waals surface area contributed by atoms with Crippen LogP contribution in [0.3, 0.4) is 0 Å². The van der Waals surface area contributed by atoms with Gasteiger partial charge in [0.25, 0.3) is 0 Å². The Morgan fingerprint density at radius 3 is 2.80 bits per heavy atom. The number of unbranched alkanes of at least 4 members (excludes halogenated alkanes) is 2. The summed E-state index contributed by atoms with van der Waals surface area (Å²) < 4.78 is 25.4. The van der Waals surface area contributed by atoms with Gasteiger partial charge in [0.15, 0.2) is 0 Å². The molecule has 0 radical (unpaired) electrons. The Morgan fingerprint density at radius 2 is 2.15 bits per heavy atom. The van der Waals surface area contributed by atoms with Crippen LogP contribution in [0.15, 0.2) is 18.2 Å². The number of carbonyl (C=O) groups is 1. The molecule has 4 nitrogen and oxygen atoms in total. The zero-order valence-corrected chi connectivity index (χ0v) is 12.6. The zero-order valence-electron chi connectivity index (χ0n) is 11.8. The van der Waals surface area contributed by atoms with Gasteiger partial charge in [-0.15, -0.1) is 0 Å². The van der Waals surface area contributed by atoms with Crippen LogP contribution >= 0.6 is 0 Å². The van der Waals surface area contributed by atoms with Crippen LogP contribution in [0.2, 0.25) is 0 Å². The highest BCUT2D eigenvalue weighted by atomic mass is 32.2. The van der Waals surface area contributed by atoms with E-state index in [1.807, 2.05) is 0 Å². The lowest BCUT2D eigenvalue weighted by Crippen LogP contribution is -2.30. The van der Waals surface area contributed by atoms with Gasteiger partial charge in [0.2, 0.25) is 5.91 Å². The lowest BCUT2D eigenvalue weighted by atomic mass is 10.2. The van der Waals surface area contributed by atoms with Crippen molar-refractivity contribution in [2.75, 3.05) is 16.8 Å². The highest BCUT2D eigenvalue weighted by molar-refractivity contribution is 7.86. The highest BCUT2D eigenvalue weighted by Crippen LogP contribution is 2.18. The smallest absolute Gasteiger partial charge is 0.239 e. The fourth-order valence-electron chi connectivity index (χ4n) is 1.66. The van der Waals surface area contributed by atoms with Crippen LogP contribution in [-0.2, 0) is 15.6 Å². The van der Waals surface area contributed by atoms with Crippen LogP contribution in [0.4, 0.5) is 15.8 Å². The summed E-state index contributed by atoms with van der Waals surface area (Å²) in [5.74, 6) is -0.525. The Bertz CT molecular complexity index is 494. The van der Waals surface area contributed by atoms with Gasteiger partial charge in [-0.3, -0.25) is 9.00 Å². The molecule has 3 N–H and O–H groups in total. The summed E-state index contributed by atoms with van der Waals surface area (Å²) >= 11 is 0. The molecule has 0 aliphatic heterocycles. The van der Waals surface area contributed by atoms with E-state index in [1.54, 1.807) is 6.92 Å². The standard InChI is InChI=1S/C14H21FN2O2S/c1-3-4-5-8-20(19)10(2)14(18)17-13-9-11(16)6-7-12(13)15/h6-7,9-10H,3-5,8,16H2,1-2H3,(H,17,18). The van der Waals surface area contributed by atoms with Gasteiger partial charge < -0.3 is 11.1 Å². The lowest BCUT2D eigenvalue weighted by Gasteiger charge is -2.13. The van der Waals surface area contributed by atoms with E-state index in [1.165, 1.54) is 18.2 Å². The second-order valence-corrected chi connectivity index (χ2v) is 6.54. The molecular weight excluding hydrogens is 279 g/mol. The molecule has 0 bridgehead atoms. The molecule has 2 unspecified atom stereocenters. The largest absolute Gasteiger partial charge is 0.399 e. The van der Waals surface area contributed by atoms with Crippen LogP contribution in [0.1, 0.15) is 33.1 Å². The number of carbonyl (C=O) groups excluding carboxylic acids is 1. The zero-order chi connectivity index (χ0) is 15.1. The van der Waals surface area contributed by atoms with Gasteiger partial charge >= 0.3 is 0 Å². The van der Waals surface area contributed by atoms with Gasteiger partial charge in [-0.2, -0.15) is 0 Å². The second-order valence-electron chi connectivity index (χ2n) is 4.66. The number of benzene rings is 1. The third-order valence-corrected chi connectivity index (χ3v) is 4.65. The number of nitrogens with two attached hydrogens (primary N) is 1. The number of amides is 1. The van der Waals surface area contributed by atoms with Crippen molar-refractivity contribution in [2.45, 2.75) is 38.4 Å². The summed E-state index contributed by atoms with van der Waals surface area (Å²) in [5.41, 5.74) is 5.92. The van der Waals surface area contributed by atoms with Crippen molar-refractivity contribution >= 4 is 28.1 Å². The molecule has 0 saturated heterocycles. The van der Waals surface area contributed by atoms with E-state index in [9.17, 15) is 13.4 Å². The molecule has 20 heavy (non-hydrogen) atoms. The molecule has 0 heterocycles. The maximum absolute atomic E-state index is 13.5. The normalized spacial score (nSPS) is 13.8.